The molecule has 0 saturated heterocycles. The SMILES string of the molecule is CC/C=C\C/C=C\C/C=C\CCCCCCCC(=O)OCC(COC(=O)CCCCCCCCCCCCCCC/C=C\C/C=C\CCCCCCC)OC(=O)CCCCCCCC/C=C\C/C=C\C/C=C\CCCCCCC. The van der Waals surface area contributed by atoms with Gasteiger partial charge in [-0.3, -0.25) is 14.4 Å². The summed E-state index contributed by atoms with van der Waals surface area (Å²) in [6.45, 7) is 6.51. The summed E-state index contributed by atoms with van der Waals surface area (Å²) in [5.74, 6) is -0.907. The summed E-state index contributed by atoms with van der Waals surface area (Å²) in [5.41, 5.74) is 0. The zero-order chi connectivity index (χ0) is 57.1. The average Bonchev–Trinajstić information content (AvgIpc) is 3.45. The number of hydrogen-bond acceptors (Lipinski definition) is 6. The average molecular weight is 1100 g/mol. The highest BCUT2D eigenvalue weighted by molar-refractivity contribution is 5.71. The smallest absolute Gasteiger partial charge is 0.306 e. The molecule has 0 aromatic carbocycles. The first-order chi connectivity index (χ1) is 39.0. The molecule has 1 unspecified atom stereocenters. The highest BCUT2D eigenvalue weighted by Gasteiger charge is 2.19. The molecule has 0 aliphatic heterocycles. The van der Waals surface area contributed by atoms with E-state index in [1.165, 1.54) is 161 Å². The molecule has 0 rings (SSSR count). The Labute approximate surface area is 489 Å². The number of hydrogen-bond donors (Lipinski definition) is 0. The van der Waals surface area contributed by atoms with Gasteiger partial charge in [-0.1, -0.05) is 285 Å². The van der Waals surface area contributed by atoms with E-state index in [1.54, 1.807) is 0 Å². The van der Waals surface area contributed by atoms with Crippen molar-refractivity contribution in [3.8, 4) is 0 Å². The fourth-order valence-electron chi connectivity index (χ4n) is 9.50. The predicted octanol–water partition coefficient (Wildman–Crippen LogP) is 23.2. The van der Waals surface area contributed by atoms with Crippen molar-refractivity contribution in [2.45, 2.75) is 335 Å². The second-order valence-electron chi connectivity index (χ2n) is 22.3. The van der Waals surface area contributed by atoms with Crippen molar-refractivity contribution in [2.24, 2.45) is 0 Å². The lowest BCUT2D eigenvalue weighted by atomic mass is 10.0. The summed E-state index contributed by atoms with van der Waals surface area (Å²) in [4.78, 5) is 38.4. The largest absolute Gasteiger partial charge is 0.462 e. The van der Waals surface area contributed by atoms with Crippen LogP contribution < -0.4 is 0 Å². The monoisotopic (exact) mass is 1100 g/mol. The summed E-state index contributed by atoms with van der Waals surface area (Å²) in [6, 6.07) is 0. The molecule has 0 aromatic heterocycles. The highest BCUT2D eigenvalue weighted by atomic mass is 16.6. The molecule has 0 saturated carbocycles. The molecule has 454 valence electrons. The van der Waals surface area contributed by atoms with Crippen LogP contribution in [0.4, 0.5) is 0 Å². The van der Waals surface area contributed by atoms with Crippen LogP contribution in [0.25, 0.3) is 0 Å². The number of rotatable bonds is 61. The summed E-state index contributed by atoms with van der Waals surface area (Å²) >= 11 is 0. The molecule has 0 spiro atoms. The molecule has 79 heavy (non-hydrogen) atoms. The van der Waals surface area contributed by atoms with Gasteiger partial charge in [-0.15, -0.1) is 0 Å². The van der Waals surface area contributed by atoms with Gasteiger partial charge in [0.05, 0.1) is 0 Å². The summed E-state index contributed by atoms with van der Waals surface area (Å²) in [7, 11) is 0. The number of esters is 3. The molecule has 0 N–H and O–H groups in total. The van der Waals surface area contributed by atoms with E-state index >= 15 is 0 Å². The van der Waals surface area contributed by atoms with E-state index in [2.05, 4.69) is 118 Å². The van der Waals surface area contributed by atoms with Crippen LogP contribution in [0.3, 0.4) is 0 Å². The van der Waals surface area contributed by atoms with Gasteiger partial charge in [-0.2, -0.15) is 0 Å². The van der Waals surface area contributed by atoms with Gasteiger partial charge in [-0.25, -0.2) is 0 Å². The second-order valence-corrected chi connectivity index (χ2v) is 22.3. The molecule has 6 nitrogen and oxygen atoms in total. The maximum Gasteiger partial charge on any atom is 0.306 e. The number of carbonyl (C=O) groups is 3. The molecule has 0 aliphatic carbocycles. The van der Waals surface area contributed by atoms with Crippen LogP contribution >= 0.6 is 0 Å². The number of carbonyl (C=O) groups excluding carboxylic acids is 3. The van der Waals surface area contributed by atoms with Crippen LogP contribution in [0.2, 0.25) is 0 Å². The minimum absolute atomic E-state index is 0.0882. The van der Waals surface area contributed by atoms with E-state index in [9.17, 15) is 14.4 Å². The van der Waals surface area contributed by atoms with Crippen LogP contribution in [0.5, 0.6) is 0 Å². The fraction of sp³-hybridized carbons (Fsp3) is 0.740. The molecule has 0 fully saturated rings. The molecule has 6 heteroatoms. The van der Waals surface area contributed by atoms with Crippen LogP contribution in [0, 0.1) is 0 Å². The summed E-state index contributed by atoms with van der Waals surface area (Å²) in [5, 5.41) is 0. The van der Waals surface area contributed by atoms with Gasteiger partial charge in [0.15, 0.2) is 6.10 Å². The van der Waals surface area contributed by atoms with Gasteiger partial charge in [0.1, 0.15) is 13.2 Å². The lowest BCUT2D eigenvalue weighted by Crippen LogP contribution is -2.30. The third-order valence-electron chi connectivity index (χ3n) is 14.5. The Bertz CT molecular complexity index is 1540. The van der Waals surface area contributed by atoms with E-state index in [0.717, 1.165) is 128 Å². The Kier molecular flexibility index (Phi) is 63.7. The second kappa shape index (κ2) is 66.8. The van der Waals surface area contributed by atoms with Gasteiger partial charge in [0, 0.05) is 19.3 Å². The Hall–Kier alpha value is -3.67. The quantitative estimate of drug-likeness (QED) is 0.0261. The van der Waals surface area contributed by atoms with Gasteiger partial charge in [0.25, 0.3) is 0 Å². The van der Waals surface area contributed by atoms with E-state index in [4.69, 9.17) is 14.2 Å². The Morgan fingerprint density at radius 2 is 0.494 bits per heavy atom. The van der Waals surface area contributed by atoms with E-state index in [-0.39, 0.29) is 31.1 Å². The normalized spacial score (nSPS) is 12.7. The van der Waals surface area contributed by atoms with Crippen molar-refractivity contribution in [3.63, 3.8) is 0 Å². The van der Waals surface area contributed by atoms with Crippen molar-refractivity contribution in [3.05, 3.63) is 97.2 Å². The van der Waals surface area contributed by atoms with Crippen LogP contribution in [-0.2, 0) is 28.6 Å². The molecular weight excluding hydrogens is 973 g/mol. The minimum atomic E-state index is -0.795. The van der Waals surface area contributed by atoms with E-state index < -0.39 is 6.10 Å². The van der Waals surface area contributed by atoms with Gasteiger partial charge < -0.3 is 14.2 Å². The molecule has 0 aromatic rings. The topological polar surface area (TPSA) is 78.9 Å². The number of allylic oxidation sites excluding steroid dienone is 16. The summed E-state index contributed by atoms with van der Waals surface area (Å²) < 4.78 is 16.9. The lowest BCUT2D eigenvalue weighted by Gasteiger charge is -2.18. The van der Waals surface area contributed by atoms with E-state index in [0.29, 0.717) is 19.3 Å². The first-order valence-electron chi connectivity index (χ1n) is 33.7. The predicted molar refractivity (Wildman–Crippen MR) is 344 cm³/mol. The maximum atomic E-state index is 12.9. The molecule has 0 aliphatic rings. The van der Waals surface area contributed by atoms with Crippen molar-refractivity contribution in [1.82, 2.24) is 0 Å². The first kappa shape index (κ1) is 75.3. The molecule has 1 atom stereocenters. The zero-order valence-electron chi connectivity index (χ0n) is 52.1. The summed E-state index contributed by atoms with van der Waals surface area (Å²) in [6.07, 6.45) is 89.9. The lowest BCUT2D eigenvalue weighted by molar-refractivity contribution is -0.167. The third-order valence-corrected chi connectivity index (χ3v) is 14.5. The molecule has 0 radical (unpaired) electrons. The fourth-order valence-corrected chi connectivity index (χ4v) is 9.50. The van der Waals surface area contributed by atoms with Gasteiger partial charge in [-0.05, 0) is 122 Å². The number of ether oxygens (including phenoxy) is 3. The maximum absolute atomic E-state index is 12.9. The number of unbranched alkanes of at least 4 members (excludes halogenated alkanes) is 34. The van der Waals surface area contributed by atoms with Crippen molar-refractivity contribution >= 4 is 17.9 Å². The zero-order valence-corrected chi connectivity index (χ0v) is 52.1. The Morgan fingerprint density at radius 3 is 0.772 bits per heavy atom. The molecule has 0 heterocycles. The molecule has 0 bridgehead atoms. The Morgan fingerprint density at radius 1 is 0.266 bits per heavy atom. The van der Waals surface area contributed by atoms with Gasteiger partial charge in [0.2, 0.25) is 0 Å². The van der Waals surface area contributed by atoms with Crippen LogP contribution in [0.15, 0.2) is 97.2 Å². The van der Waals surface area contributed by atoms with E-state index in [1.807, 2.05) is 0 Å². The van der Waals surface area contributed by atoms with Gasteiger partial charge >= 0.3 is 17.9 Å². The van der Waals surface area contributed by atoms with Crippen molar-refractivity contribution in [1.29, 1.82) is 0 Å². The Balaban J connectivity index is 4.36. The third kappa shape index (κ3) is 65.0. The first-order valence-corrected chi connectivity index (χ1v) is 33.7. The molecular formula is C73H126O6. The molecule has 0 amide bonds. The minimum Gasteiger partial charge on any atom is -0.462 e. The van der Waals surface area contributed by atoms with Crippen molar-refractivity contribution in [2.75, 3.05) is 13.2 Å². The van der Waals surface area contributed by atoms with Crippen LogP contribution in [0.1, 0.15) is 329 Å². The van der Waals surface area contributed by atoms with Crippen LogP contribution in [-0.4, -0.2) is 37.2 Å². The standard InChI is InChI=1S/C73H126O6/c1-4-7-10-13-16-19-22-25-28-30-32-34-35-36-37-39-40-42-45-48-51-54-57-60-63-66-72(75)78-69-70(68-77-71(74)65-62-59-56-53-50-47-44-27-24-21-18-15-12-9-6-3)79-73(76)67-64-61-58-55-52-49-46-43-41-38-33-31-29-26-23-20-17-14-11-8-5-2/h9,12,18,21-23,25-27,30-33,41,43-44,70H,4-8,10-11,13-17,19-20,24,28-29,34-40,42,45-69H2,1-3H3/b12-9-,21-18-,25-22-,26-23-,32-30-,33-31-,43-41-,44-27-. The highest BCUT2D eigenvalue weighted by Crippen LogP contribution is 2.16. The van der Waals surface area contributed by atoms with Crippen molar-refractivity contribution < 1.29 is 28.6 Å².